The molecule has 9 heterocycles. The summed E-state index contributed by atoms with van der Waals surface area (Å²) in [6.45, 7) is 42.9. The number of aromatic nitrogens is 12. The van der Waals surface area contributed by atoms with Crippen LogP contribution in [0.5, 0.6) is 0 Å². The molecule has 36 heteroatoms. The fourth-order valence-corrected chi connectivity index (χ4v) is 17.1. The molecule has 2 saturated carbocycles. The van der Waals surface area contributed by atoms with E-state index in [9.17, 15) is 9.59 Å². The van der Waals surface area contributed by atoms with Crippen molar-refractivity contribution in [2.24, 2.45) is 14.1 Å². The number of nitrogens with zero attached hydrogens (tertiary/aromatic N) is 14. The van der Waals surface area contributed by atoms with Crippen molar-refractivity contribution in [3.8, 4) is 33.6 Å². The number of ether oxygens (including phenoxy) is 12. The van der Waals surface area contributed by atoms with Gasteiger partial charge in [-0.25, -0.2) is 24.5 Å². The first-order valence-electron chi connectivity index (χ1n) is 42.9. The van der Waals surface area contributed by atoms with Gasteiger partial charge in [0, 0.05) is 184 Å². The minimum atomic E-state index is -1.30. The number of carbonyl (C=O) groups excluding carboxylic acids is 2. The molecule has 8 aromatic rings. The monoisotopic (exact) mass is 1780 g/mol. The van der Waals surface area contributed by atoms with Gasteiger partial charge in [-0.2, -0.15) is 29.4 Å². The molecule has 0 radical (unpaired) electrons. The lowest BCUT2D eigenvalue weighted by molar-refractivity contribution is -0.181. The molecule has 0 bridgehead atoms. The van der Waals surface area contributed by atoms with Gasteiger partial charge in [-0.3, -0.25) is 14.3 Å². The van der Waals surface area contributed by atoms with Gasteiger partial charge < -0.3 is 76.0 Å². The summed E-state index contributed by atoms with van der Waals surface area (Å²) in [6, 6.07) is 20.1. The highest BCUT2D eigenvalue weighted by Crippen LogP contribution is 2.45. The van der Waals surface area contributed by atoms with Gasteiger partial charge in [-0.15, -0.1) is 0 Å². The molecule has 8 aromatic heterocycles. The zero-order valence-electron chi connectivity index (χ0n) is 76.8. The molecule has 0 aromatic carbocycles. The van der Waals surface area contributed by atoms with E-state index in [1.165, 1.54) is 0 Å². The van der Waals surface area contributed by atoms with Crippen LogP contribution in [0.25, 0.3) is 44.9 Å². The van der Waals surface area contributed by atoms with Crippen LogP contribution in [0, 0.1) is 0 Å². The molecule has 0 unspecified atom stereocenters. The molecule has 1 saturated heterocycles. The van der Waals surface area contributed by atoms with Crippen molar-refractivity contribution in [2.45, 2.75) is 216 Å². The Hall–Kier alpha value is -6.76. The van der Waals surface area contributed by atoms with E-state index in [1.54, 1.807) is 50.1 Å². The number of carbonyl (C=O) groups is 2. The van der Waals surface area contributed by atoms with Gasteiger partial charge in [-0.05, 0) is 134 Å². The number of halogens is 1. The Morgan fingerprint density at radius 1 is 0.475 bits per heavy atom. The van der Waals surface area contributed by atoms with Crippen LogP contribution in [0.2, 0.25) is 108 Å². The maximum absolute atomic E-state index is 13.5. The molecule has 0 spiro atoms. The Labute approximate surface area is 732 Å². The molecule has 674 valence electrons. The lowest BCUT2D eigenvalue weighted by Gasteiger charge is -2.38. The van der Waals surface area contributed by atoms with E-state index in [1.807, 2.05) is 112 Å². The molecule has 0 amide bonds. The topological polar surface area (TPSA) is 292 Å². The highest BCUT2D eigenvalue weighted by atomic mass is 35.5. The smallest absolute Gasteiger partial charge is 0.461 e. The summed E-state index contributed by atoms with van der Waals surface area (Å²) in [5.41, 5.74) is 6.44. The minimum absolute atomic E-state index is 0.0551. The number of methoxy groups -OCH3 is 4. The Morgan fingerprint density at radius 2 is 0.852 bits per heavy atom. The van der Waals surface area contributed by atoms with Crippen molar-refractivity contribution in [3.05, 3.63) is 102 Å². The second-order valence-corrected chi connectivity index (χ2v) is 60.7. The van der Waals surface area contributed by atoms with Crippen LogP contribution in [0.1, 0.15) is 102 Å². The third-order valence-corrected chi connectivity index (χ3v) is 29.5. The number of hydrogen-bond acceptors (Lipinski definition) is 26. The van der Waals surface area contributed by atoms with Gasteiger partial charge in [0.25, 0.3) is 0 Å². The summed E-state index contributed by atoms with van der Waals surface area (Å²) >= 11 is 6.15. The Morgan fingerprint density at radius 3 is 1.19 bits per heavy atom. The Kier molecular flexibility index (Phi) is 36.6. The molecule has 0 atom stereocenters. The SMILES string of the molecule is COCCOC(=O)C1(OCCOC)CCC(c2cc(N(COCC[Si](C)(C)C)COCC[Si](C)(C)C)n3ncc(-c4ccc(-c5ccn(C)n5)nc4)c3n2)CC1.COCCOC(=O)C1(OCCOC)CCC(c2cc(N(COCC[Si](C)(C)C)COCC[Si](C)(C)C)n3ncc(-c4ccc(Cl)nc4)c3n2)CC1.Cn1ccc(B2OC(C)(C)C(C)(C)O2)n1. The maximum atomic E-state index is 13.5. The third kappa shape index (κ3) is 28.9. The first kappa shape index (κ1) is 99.0. The van der Waals surface area contributed by atoms with Crippen LogP contribution in [0.3, 0.4) is 0 Å². The summed E-state index contributed by atoms with van der Waals surface area (Å²) in [4.78, 5) is 50.8. The molecular formula is C86H138BClN14O16Si4. The van der Waals surface area contributed by atoms with Gasteiger partial charge in [0.15, 0.2) is 22.5 Å². The summed E-state index contributed by atoms with van der Waals surface area (Å²) in [6.07, 6.45) is 15.8. The number of esters is 2. The fourth-order valence-electron chi connectivity index (χ4n) is 14.0. The number of rotatable bonds is 44. The predicted octanol–water partition coefficient (Wildman–Crippen LogP) is 14.7. The van der Waals surface area contributed by atoms with E-state index < -0.39 is 43.5 Å². The van der Waals surface area contributed by atoms with Gasteiger partial charge in [0.05, 0.1) is 74.5 Å². The number of pyridine rings is 2. The van der Waals surface area contributed by atoms with Crippen LogP contribution in [0.15, 0.2) is 85.7 Å². The molecule has 1 aliphatic heterocycles. The predicted molar refractivity (Wildman–Crippen MR) is 489 cm³/mol. The highest BCUT2D eigenvalue weighted by Gasteiger charge is 2.53. The highest BCUT2D eigenvalue weighted by molar-refractivity contribution is 6.77. The average Bonchev–Trinajstić information content (AvgIpc) is 1.55. The van der Waals surface area contributed by atoms with Crippen molar-refractivity contribution >= 4 is 91.5 Å². The molecule has 3 fully saturated rings. The van der Waals surface area contributed by atoms with E-state index in [2.05, 4.69) is 116 Å². The second kappa shape index (κ2) is 45.1. The normalized spacial score (nSPS) is 18.7. The van der Waals surface area contributed by atoms with E-state index in [4.69, 9.17) is 103 Å². The lowest BCUT2D eigenvalue weighted by Crippen LogP contribution is -2.46. The maximum Gasteiger partial charge on any atom is 0.516 e. The van der Waals surface area contributed by atoms with E-state index >= 15 is 0 Å². The van der Waals surface area contributed by atoms with Crippen LogP contribution < -0.4 is 15.4 Å². The largest absolute Gasteiger partial charge is 0.516 e. The summed E-state index contributed by atoms with van der Waals surface area (Å²) in [7, 11) is 4.66. The third-order valence-electron chi connectivity index (χ3n) is 22.4. The van der Waals surface area contributed by atoms with Crippen LogP contribution in [-0.2, 0) is 89.8 Å². The summed E-state index contributed by atoms with van der Waals surface area (Å²) < 4.78 is 88.8. The Bertz CT molecular complexity index is 4480. The van der Waals surface area contributed by atoms with Crippen LogP contribution in [-0.4, -0.2) is 267 Å². The molecule has 11 rings (SSSR count). The van der Waals surface area contributed by atoms with E-state index in [0.717, 1.165) is 86.4 Å². The zero-order chi connectivity index (χ0) is 88.7. The fraction of sp³-hybridized carbons (Fsp3) is 0.651. The van der Waals surface area contributed by atoms with E-state index in [0.29, 0.717) is 161 Å². The first-order chi connectivity index (χ1) is 57.8. The second-order valence-electron chi connectivity index (χ2n) is 37.8. The number of hydrogen-bond donors (Lipinski definition) is 0. The number of anilines is 2. The molecular weight excluding hydrogens is 1640 g/mol. The van der Waals surface area contributed by atoms with Gasteiger partial charge in [0.1, 0.15) is 62.6 Å². The molecule has 2 aliphatic carbocycles. The molecule has 0 N–H and O–H groups in total. The van der Waals surface area contributed by atoms with Crippen molar-refractivity contribution in [1.29, 1.82) is 0 Å². The number of fused-ring (bicyclic) bond motifs is 2. The van der Waals surface area contributed by atoms with Crippen molar-refractivity contribution < 1.29 is 75.7 Å². The van der Waals surface area contributed by atoms with Crippen molar-refractivity contribution in [3.63, 3.8) is 0 Å². The van der Waals surface area contributed by atoms with Crippen LogP contribution in [0.4, 0.5) is 11.6 Å². The van der Waals surface area contributed by atoms with Crippen LogP contribution >= 0.6 is 11.6 Å². The Balaban J connectivity index is 0.000000236. The minimum Gasteiger partial charge on any atom is -0.461 e. The zero-order valence-corrected chi connectivity index (χ0v) is 81.5. The standard InChI is InChI=1S/C40H63N7O7Si2.C36H58ClN5O7Si2.C10H17BN2O2/c1-45-17-14-35(44-45)34-11-10-32(27-41-34)33-28-42-47-37(46(29-51-22-24-55(4,5)6)30-52-23-25-56(7,8)9)26-36(43-38(33)47)31-12-15-40(16-13-31,54-21-19-50-3)39(48)53-20-18-49-2;1-44-15-17-48-35(43)36(49-18-16-45-2)13-11-28(12-14-36)31-23-33(42-34(40-31)30(25-39-42)29-9-10-32(37)38-24-29)41(26-46-19-21-50(3,4)5)27-47-20-22-51(6,7)8;1-9(2)10(3,4)15-11(14-9)8-6-7-13(5)12-8/h10-11,14,17,26-28,31H,12-13,15-16,18-25,29-30H2,1-9H3;9-10,23-25,28H,11-22,26-27H2,1-8H3;6-7H,1-5H3. The number of aryl methyl sites for hydroxylation is 2. The van der Waals surface area contributed by atoms with Gasteiger partial charge in [-0.1, -0.05) is 96.2 Å². The van der Waals surface area contributed by atoms with Gasteiger partial charge in [0.2, 0.25) is 0 Å². The molecule has 30 nitrogen and oxygen atoms in total. The van der Waals surface area contributed by atoms with Gasteiger partial charge >= 0.3 is 19.1 Å². The average molecular weight is 1780 g/mol. The van der Waals surface area contributed by atoms with Crippen molar-refractivity contribution in [2.75, 3.05) is 144 Å². The lowest BCUT2D eigenvalue weighted by atomic mass is 9.77. The first-order valence-corrected chi connectivity index (χ1v) is 58.1. The summed E-state index contributed by atoms with van der Waals surface area (Å²) in [5.74, 6) is 1.07. The summed E-state index contributed by atoms with van der Waals surface area (Å²) in [5, 5.41) is 19.0. The quantitative estimate of drug-likeness (QED) is 0.0113. The molecule has 3 aliphatic rings. The molecule has 122 heavy (non-hydrogen) atoms. The van der Waals surface area contributed by atoms with Crippen molar-refractivity contribution in [1.82, 2.24) is 58.7 Å². The van der Waals surface area contributed by atoms with E-state index in [-0.39, 0.29) is 55.3 Å².